The SMILES string of the molecule is Cc1ccc(-n2c(C(N)=O)nnc2-c2cc(S(=O)(=O)NCCc3ccccc3O)c(O)cc2O)cc1. The number of aryl methyl sites for hydroxylation is 1. The standard InChI is InChI=1S/C24H23N5O6S/c1-14-6-8-16(9-7-14)29-23(27-28-24(29)22(25)33)17-12-21(20(32)13-19(17)31)36(34,35)26-11-10-15-4-2-3-5-18(15)30/h2-9,12-13,26,30-32H,10-11H2,1H3,(H2,25,33). The summed E-state index contributed by atoms with van der Waals surface area (Å²) in [4.78, 5) is 11.5. The molecule has 1 amide bonds. The van der Waals surface area contributed by atoms with Crippen LogP contribution in [0.2, 0.25) is 0 Å². The van der Waals surface area contributed by atoms with E-state index in [1.54, 1.807) is 42.5 Å². The molecule has 36 heavy (non-hydrogen) atoms. The number of amides is 1. The number of nitrogens with zero attached hydrogens (tertiary/aromatic N) is 3. The number of rotatable bonds is 8. The first kappa shape index (κ1) is 24.7. The van der Waals surface area contributed by atoms with E-state index in [1.807, 2.05) is 6.92 Å². The molecular formula is C24H23N5O6S. The summed E-state index contributed by atoms with van der Waals surface area (Å²) >= 11 is 0. The van der Waals surface area contributed by atoms with Gasteiger partial charge in [-0.1, -0.05) is 35.9 Å². The van der Waals surface area contributed by atoms with Crippen LogP contribution in [-0.2, 0) is 16.4 Å². The second-order valence-corrected chi connectivity index (χ2v) is 9.73. The Balaban J connectivity index is 1.73. The molecule has 0 aliphatic carbocycles. The van der Waals surface area contributed by atoms with Crippen molar-refractivity contribution in [3.8, 4) is 34.3 Å². The average molecular weight is 510 g/mol. The lowest BCUT2D eigenvalue weighted by Gasteiger charge is -2.14. The highest BCUT2D eigenvalue weighted by Crippen LogP contribution is 2.37. The Kier molecular flexibility index (Phi) is 6.64. The molecule has 0 aliphatic rings. The minimum Gasteiger partial charge on any atom is -0.508 e. The maximum absolute atomic E-state index is 13.0. The summed E-state index contributed by atoms with van der Waals surface area (Å²) in [7, 11) is -4.26. The fourth-order valence-electron chi connectivity index (χ4n) is 3.63. The smallest absolute Gasteiger partial charge is 0.287 e. The molecule has 0 atom stereocenters. The molecule has 3 aromatic carbocycles. The minimum absolute atomic E-state index is 0.0344. The highest BCUT2D eigenvalue weighted by Gasteiger charge is 2.26. The summed E-state index contributed by atoms with van der Waals surface area (Å²) in [5.41, 5.74) is 7.30. The number of hydrogen-bond acceptors (Lipinski definition) is 8. The van der Waals surface area contributed by atoms with Gasteiger partial charge in [-0.25, -0.2) is 13.1 Å². The zero-order valence-corrected chi connectivity index (χ0v) is 19.9. The van der Waals surface area contributed by atoms with Crippen molar-refractivity contribution in [3.05, 3.63) is 77.6 Å². The number of sulfonamides is 1. The zero-order valence-electron chi connectivity index (χ0n) is 19.1. The number of hydrogen-bond donors (Lipinski definition) is 5. The molecular weight excluding hydrogens is 486 g/mol. The summed E-state index contributed by atoms with van der Waals surface area (Å²) in [6.45, 7) is 1.81. The highest BCUT2D eigenvalue weighted by molar-refractivity contribution is 7.89. The molecule has 186 valence electrons. The van der Waals surface area contributed by atoms with E-state index in [2.05, 4.69) is 14.9 Å². The van der Waals surface area contributed by atoms with Gasteiger partial charge in [0, 0.05) is 18.3 Å². The van der Waals surface area contributed by atoms with E-state index in [-0.39, 0.29) is 35.9 Å². The highest BCUT2D eigenvalue weighted by atomic mass is 32.2. The minimum atomic E-state index is -4.26. The van der Waals surface area contributed by atoms with Gasteiger partial charge in [-0.3, -0.25) is 9.36 Å². The lowest BCUT2D eigenvalue weighted by molar-refractivity contribution is 0.0988. The zero-order chi connectivity index (χ0) is 26.0. The first-order chi connectivity index (χ1) is 17.1. The Morgan fingerprint density at radius 1 is 0.972 bits per heavy atom. The maximum atomic E-state index is 13.0. The van der Waals surface area contributed by atoms with Gasteiger partial charge in [0.1, 0.15) is 22.1 Å². The van der Waals surface area contributed by atoms with Gasteiger partial charge in [0.15, 0.2) is 5.82 Å². The van der Waals surface area contributed by atoms with Crippen LogP contribution in [0.25, 0.3) is 17.1 Å². The molecule has 0 fully saturated rings. The van der Waals surface area contributed by atoms with Gasteiger partial charge in [-0.05, 0) is 43.2 Å². The van der Waals surface area contributed by atoms with Crippen LogP contribution in [0.4, 0.5) is 0 Å². The molecule has 1 aromatic heterocycles. The lowest BCUT2D eigenvalue weighted by atomic mass is 10.1. The second kappa shape index (κ2) is 9.68. The van der Waals surface area contributed by atoms with Gasteiger partial charge in [-0.15, -0.1) is 10.2 Å². The fourth-order valence-corrected chi connectivity index (χ4v) is 4.76. The first-order valence-corrected chi connectivity index (χ1v) is 12.2. The number of primary amides is 1. The number of nitrogens with one attached hydrogen (secondary N) is 1. The van der Waals surface area contributed by atoms with Crippen molar-refractivity contribution in [1.29, 1.82) is 0 Å². The molecule has 0 saturated heterocycles. The van der Waals surface area contributed by atoms with Gasteiger partial charge in [0.05, 0.1) is 5.56 Å². The fraction of sp³-hybridized carbons (Fsp3) is 0.125. The van der Waals surface area contributed by atoms with Crippen LogP contribution in [0.15, 0.2) is 65.6 Å². The monoisotopic (exact) mass is 509 g/mol. The van der Waals surface area contributed by atoms with Gasteiger partial charge >= 0.3 is 0 Å². The van der Waals surface area contributed by atoms with Gasteiger partial charge < -0.3 is 21.1 Å². The van der Waals surface area contributed by atoms with E-state index in [9.17, 15) is 28.5 Å². The topological polar surface area (TPSA) is 181 Å². The van der Waals surface area contributed by atoms with E-state index >= 15 is 0 Å². The van der Waals surface area contributed by atoms with Crippen LogP contribution >= 0.6 is 0 Å². The van der Waals surface area contributed by atoms with Crippen LogP contribution in [0.5, 0.6) is 17.2 Å². The van der Waals surface area contributed by atoms with Crippen molar-refractivity contribution in [2.75, 3.05) is 6.54 Å². The Labute approximate surface area is 206 Å². The van der Waals surface area contributed by atoms with Crippen molar-refractivity contribution in [1.82, 2.24) is 19.5 Å². The quantitative estimate of drug-likeness (QED) is 0.239. The molecule has 0 bridgehead atoms. The molecule has 0 spiro atoms. The Bertz CT molecular complexity index is 1550. The number of nitrogens with two attached hydrogens (primary N) is 1. The lowest BCUT2D eigenvalue weighted by Crippen LogP contribution is -2.26. The van der Waals surface area contributed by atoms with E-state index < -0.39 is 32.3 Å². The van der Waals surface area contributed by atoms with E-state index in [4.69, 9.17) is 5.73 Å². The molecule has 12 heteroatoms. The van der Waals surface area contributed by atoms with Gasteiger partial charge in [0.25, 0.3) is 5.91 Å². The van der Waals surface area contributed by atoms with Crippen LogP contribution in [-0.4, -0.2) is 51.0 Å². The summed E-state index contributed by atoms with van der Waals surface area (Å²) in [6.07, 6.45) is 0.196. The third-order valence-corrected chi connectivity index (χ3v) is 6.95. The number of phenols is 3. The van der Waals surface area contributed by atoms with Crippen LogP contribution in [0.3, 0.4) is 0 Å². The molecule has 0 radical (unpaired) electrons. The molecule has 11 nitrogen and oxygen atoms in total. The van der Waals surface area contributed by atoms with Gasteiger partial charge in [0.2, 0.25) is 15.8 Å². The predicted molar refractivity (Wildman–Crippen MR) is 130 cm³/mol. The summed E-state index contributed by atoms with van der Waals surface area (Å²) in [6, 6.07) is 15.4. The summed E-state index contributed by atoms with van der Waals surface area (Å²) in [5.74, 6) is -2.32. The van der Waals surface area contributed by atoms with Gasteiger partial charge in [-0.2, -0.15) is 0 Å². The third kappa shape index (κ3) is 4.85. The molecule has 4 rings (SSSR count). The Morgan fingerprint density at radius 2 is 1.67 bits per heavy atom. The van der Waals surface area contributed by atoms with E-state index in [1.165, 1.54) is 10.6 Å². The normalized spacial score (nSPS) is 11.5. The van der Waals surface area contributed by atoms with E-state index in [0.717, 1.165) is 17.7 Å². The van der Waals surface area contributed by atoms with E-state index in [0.29, 0.717) is 11.3 Å². The number of aromatic nitrogens is 3. The number of phenolic OH excluding ortho intramolecular Hbond substituents is 3. The van der Waals surface area contributed by atoms with Crippen LogP contribution in [0, 0.1) is 6.92 Å². The molecule has 0 saturated carbocycles. The Morgan fingerprint density at radius 3 is 2.33 bits per heavy atom. The van der Waals surface area contributed by atoms with Crippen molar-refractivity contribution in [2.45, 2.75) is 18.2 Å². The summed E-state index contributed by atoms with van der Waals surface area (Å²) < 4.78 is 29.6. The first-order valence-electron chi connectivity index (χ1n) is 10.7. The molecule has 1 heterocycles. The van der Waals surface area contributed by atoms with Crippen LogP contribution < -0.4 is 10.5 Å². The number of benzene rings is 3. The van der Waals surface area contributed by atoms with Crippen molar-refractivity contribution < 1.29 is 28.5 Å². The van der Waals surface area contributed by atoms with Crippen molar-refractivity contribution >= 4 is 15.9 Å². The largest absolute Gasteiger partial charge is 0.508 e. The third-order valence-electron chi connectivity index (χ3n) is 5.46. The predicted octanol–water partition coefficient (Wildman–Crippen LogP) is 1.98. The maximum Gasteiger partial charge on any atom is 0.287 e. The molecule has 4 aromatic rings. The van der Waals surface area contributed by atoms with Crippen molar-refractivity contribution in [3.63, 3.8) is 0 Å². The summed E-state index contributed by atoms with van der Waals surface area (Å²) in [5, 5.41) is 38.5. The average Bonchev–Trinajstić information content (AvgIpc) is 3.26. The Hall–Kier alpha value is -4.42. The molecule has 0 unspecified atom stereocenters. The van der Waals surface area contributed by atoms with Crippen LogP contribution in [0.1, 0.15) is 21.7 Å². The number of aromatic hydroxyl groups is 3. The molecule has 0 aliphatic heterocycles. The van der Waals surface area contributed by atoms with Crippen molar-refractivity contribution in [2.24, 2.45) is 5.73 Å². The number of para-hydroxylation sites is 1. The number of carbonyl (C=O) groups is 1. The molecule has 6 N–H and O–H groups in total. The number of carbonyl (C=O) groups excluding carboxylic acids is 1. The second-order valence-electron chi connectivity index (χ2n) is 8.00.